The number of amides is 1. The maximum Gasteiger partial charge on any atom is 0.311 e. The maximum atomic E-state index is 12.9. The summed E-state index contributed by atoms with van der Waals surface area (Å²) in [6.45, 7) is 1.94. The quantitative estimate of drug-likeness (QED) is 0.354. The average molecular weight is 441 g/mol. The summed E-state index contributed by atoms with van der Waals surface area (Å²) < 4.78 is 1.25. The van der Waals surface area contributed by atoms with Crippen LogP contribution in [0.2, 0.25) is 0 Å². The molecule has 0 unspecified atom stereocenters. The highest BCUT2D eigenvalue weighted by Crippen LogP contribution is 2.35. The Morgan fingerprint density at radius 1 is 1.52 bits per heavy atom. The van der Waals surface area contributed by atoms with Crippen molar-refractivity contribution in [3.8, 4) is 5.75 Å². The second-order valence-electron chi connectivity index (χ2n) is 7.51. The highest BCUT2D eigenvalue weighted by molar-refractivity contribution is 7.18. The molecular weight excluding hydrogens is 422 g/mol. The summed E-state index contributed by atoms with van der Waals surface area (Å²) in [6.07, 6.45) is 5.39. The van der Waals surface area contributed by atoms with Crippen molar-refractivity contribution in [3.63, 3.8) is 0 Å². The minimum Gasteiger partial charge on any atom is -0.502 e. The van der Waals surface area contributed by atoms with Gasteiger partial charge in [-0.25, -0.2) is 10.4 Å². The minimum atomic E-state index is -0.718. The number of fused-ring (bicyclic) bond motifs is 3. The van der Waals surface area contributed by atoms with Crippen molar-refractivity contribution < 1.29 is 14.8 Å². The molecule has 0 radical (unpaired) electrons. The third-order valence-corrected chi connectivity index (χ3v) is 6.36. The second kappa shape index (κ2) is 8.26. The first-order valence-corrected chi connectivity index (χ1v) is 10.4. The van der Waals surface area contributed by atoms with Crippen molar-refractivity contribution in [1.82, 2.24) is 15.0 Å². The molecule has 1 aromatic carbocycles. The number of aromatic nitrogens is 2. The molecule has 1 atom stereocenters. The predicted octanol–water partition coefficient (Wildman–Crippen LogP) is 2.35. The molecule has 1 aliphatic carbocycles. The number of nitrogens with one attached hydrogen (secondary N) is 1. The first kappa shape index (κ1) is 20.7. The lowest BCUT2D eigenvalue weighted by Gasteiger charge is -2.17. The number of phenols is 1. The zero-order valence-corrected chi connectivity index (χ0v) is 17.4. The standard InChI is InChI=1S/C20H19N5O5S/c1-11-2-4-13-16(6-11)31-19-18(13)20(28)24(10-21-19)9-17(27)23-22-8-12-3-5-15(26)14(7-12)25(29)30/h3,5,7-8,10-11,26H,2,4,6,9H2,1H3,(H,23,27)/b22-8+/t11-/m1/s1. The molecule has 0 saturated carbocycles. The first-order chi connectivity index (χ1) is 14.8. The fourth-order valence-corrected chi connectivity index (χ4v) is 4.96. The first-order valence-electron chi connectivity index (χ1n) is 9.62. The molecule has 2 aromatic heterocycles. The molecule has 11 heteroatoms. The number of benzene rings is 1. The monoisotopic (exact) mass is 441 g/mol. The van der Waals surface area contributed by atoms with Gasteiger partial charge in [-0.15, -0.1) is 11.3 Å². The van der Waals surface area contributed by atoms with Gasteiger partial charge in [-0.2, -0.15) is 5.10 Å². The molecule has 0 fully saturated rings. The summed E-state index contributed by atoms with van der Waals surface area (Å²) in [4.78, 5) is 41.6. The van der Waals surface area contributed by atoms with Crippen LogP contribution in [-0.4, -0.2) is 31.7 Å². The van der Waals surface area contributed by atoms with Gasteiger partial charge in [0.2, 0.25) is 0 Å². The Kier molecular flexibility index (Phi) is 5.51. The van der Waals surface area contributed by atoms with Crippen LogP contribution < -0.4 is 11.0 Å². The lowest BCUT2D eigenvalue weighted by atomic mass is 9.89. The van der Waals surface area contributed by atoms with Crippen molar-refractivity contribution in [2.45, 2.75) is 32.7 Å². The molecule has 31 heavy (non-hydrogen) atoms. The van der Waals surface area contributed by atoms with Crippen LogP contribution in [-0.2, 0) is 24.2 Å². The van der Waals surface area contributed by atoms with Crippen LogP contribution in [0, 0.1) is 16.0 Å². The molecule has 0 bridgehead atoms. The molecule has 2 heterocycles. The van der Waals surface area contributed by atoms with Crippen molar-refractivity contribution in [2.24, 2.45) is 11.0 Å². The summed E-state index contributed by atoms with van der Waals surface area (Å²) in [5, 5.41) is 24.7. The number of carbonyl (C=O) groups is 1. The van der Waals surface area contributed by atoms with E-state index < -0.39 is 22.3 Å². The number of hydrazone groups is 1. The molecule has 10 nitrogen and oxygen atoms in total. The highest BCUT2D eigenvalue weighted by Gasteiger charge is 2.23. The molecule has 0 aliphatic heterocycles. The Bertz CT molecular complexity index is 1280. The summed E-state index contributed by atoms with van der Waals surface area (Å²) in [5.41, 5.74) is 2.96. The minimum absolute atomic E-state index is 0.245. The second-order valence-corrected chi connectivity index (χ2v) is 8.59. The summed E-state index contributed by atoms with van der Waals surface area (Å²) in [7, 11) is 0. The molecule has 2 N–H and O–H groups in total. The van der Waals surface area contributed by atoms with E-state index in [2.05, 4.69) is 22.4 Å². The van der Waals surface area contributed by atoms with Crippen molar-refractivity contribution in [2.75, 3.05) is 0 Å². The van der Waals surface area contributed by atoms with E-state index in [1.54, 1.807) is 11.3 Å². The van der Waals surface area contributed by atoms with Crippen LogP contribution in [0.3, 0.4) is 0 Å². The summed E-state index contributed by atoms with van der Waals surface area (Å²) in [6, 6.07) is 3.72. The van der Waals surface area contributed by atoms with Crippen molar-refractivity contribution in [3.05, 3.63) is 61.0 Å². The van der Waals surface area contributed by atoms with Crippen LogP contribution in [0.1, 0.15) is 29.3 Å². The number of nitro groups is 1. The van der Waals surface area contributed by atoms with Gasteiger partial charge in [0.1, 0.15) is 11.4 Å². The van der Waals surface area contributed by atoms with Crippen LogP contribution in [0.25, 0.3) is 10.2 Å². The number of phenolic OH excluding ortho intramolecular Hbond substituents is 1. The fraction of sp³-hybridized carbons (Fsp3) is 0.300. The predicted molar refractivity (Wildman–Crippen MR) is 116 cm³/mol. The summed E-state index contributed by atoms with van der Waals surface area (Å²) >= 11 is 1.55. The van der Waals surface area contributed by atoms with E-state index in [-0.39, 0.29) is 12.1 Å². The van der Waals surface area contributed by atoms with E-state index in [1.165, 1.54) is 34.1 Å². The Labute approximate surface area is 180 Å². The summed E-state index contributed by atoms with van der Waals surface area (Å²) in [5.74, 6) is -0.412. The van der Waals surface area contributed by atoms with E-state index in [9.17, 15) is 24.8 Å². The largest absolute Gasteiger partial charge is 0.502 e. The number of carbonyl (C=O) groups excluding carboxylic acids is 1. The van der Waals surface area contributed by atoms with Gasteiger partial charge in [0, 0.05) is 16.5 Å². The number of hydrogen-bond acceptors (Lipinski definition) is 8. The number of nitrogens with zero attached hydrogens (tertiary/aromatic N) is 4. The number of hydrogen-bond donors (Lipinski definition) is 2. The van der Waals surface area contributed by atoms with Gasteiger partial charge in [0.25, 0.3) is 11.5 Å². The number of nitro benzene ring substituents is 1. The Morgan fingerprint density at radius 2 is 2.32 bits per heavy atom. The molecule has 160 valence electrons. The molecule has 0 spiro atoms. The third-order valence-electron chi connectivity index (χ3n) is 5.20. The average Bonchev–Trinajstić information content (AvgIpc) is 3.09. The van der Waals surface area contributed by atoms with E-state index in [0.717, 1.165) is 30.9 Å². The number of thiophene rings is 1. The van der Waals surface area contributed by atoms with Crippen molar-refractivity contribution in [1.29, 1.82) is 0 Å². The van der Waals surface area contributed by atoms with Gasteiger partial charge in [-0.05, 0) is 42.9 Å². The lowest BCUT2D eigenvalue weighted by Crippen LogP contribution is -2.30. The van der Waals surface area contributed by atoms with Gasteiger partial charge in [0.05, 0.1) is 22.9 Å². The normalized spacial score (nSPS) is 15.8. The molecule has 4 rings (SSSR count). The zero-order chi connectivity index (χ0) is 22.1. The Morgan fingerprint density at radius 3 is 3.10 bits per heavy atom. The van der Waals surface area contributed by atoms with Crippen LogP contribution >= 0.6 is 11.3 Å². The third kappa shape index (κ3) is 4.17. The van der Waals surface area contributed by atoms with Gasteiger partial charge < -0.3 is 5.11 Å². The van der Waals surface area contributed by atoms with Gasteiger partial charge in [-0.3, -0.25) is 24.3 Å². The Hall–Kier alpha value is -3.60. The number of aryl methyl sites for hydroxylation is 1. The molecule has 3 aromatic rings. The number of aromatic hydroxyl groups is 1. The van der Waals surface area contributed by atoms with Gasteiger partial charge in [-0.1, -0.05) is 6.92 Å². The maximum absolute atomic E-state index is 12.9. The molecule has 0 saturated heterocycles. The van der Waals surface area contributed by atoms with E-state index in [4.69, 9.17) is 0 Å². The van der Waals surface area contributed by atoms with Gasteiger partial charge >= 0.3 is 5.69 Å². The van der Waals surface area contributed by atoms with E-state index in [0.29, 0.717) is 21.7 Å². The zero-order valence-electron chi connectivity index (χ0n) is 16.6. The molecule has 1 amide bonds. The van der Waals surface area contributed by atoms with E-state index in [1.807, 2.05) is 0 Å². The lowest BCUT2D eigenvalue weighted by molar-refractivity contribution is -0.385. The topological polar surface area (TPSA) is 140 Å². The molecule has 1 aliphatic rings. The molecular formula is C20H19N5O5S. The van der Waals surface area contributed by atoms with Crippen molar-refractivity contribution >= 4 is 39.4 Å². The fourth-order valence-electron chi connectivity index (χ4n) is 3.61. The highest BCUT2D eigenvalue weighted by atomic mass is 32.1. The Balaban J connectivity index is 1.48. The van der Waals surface area contributed by atoms with E-state index >= 15 is 0 Å². The van der Waals surface area contributed by atoms with Crippen LogP contribution in [0.4, 0.5) is 5.69 Å². The SMILES string of the molecule is C[C@@H]1CCc2c(sc3ncn(CC(=O)N/N=C/c4ccc(O)c([N+](=O)[O-])c4)c(=O)c23)C1. The van der Waals surface area contributed by atoms with Crippen LogP contribution in [0.5, 0.6) is 5.75 Å². The van der Waals surface area contributed by atoms with Crippen LogP contribution in [0.15, 0.2) is 34.4 Å². The van der Waals surface area contributed by atoms with Gasteiger partial charge in [0.15, 0.2) is 5.75 Å². The number of rotatable bonds is 5. The smallest absolute Gasteiger partial charge is 0.311 e.